The van der Waals surface area contributed by atoms with Crippen LogP contribution in [0, 0.1) is 0 Å². The van der Waals surface area contributed by atoms with Gasteiger partial charge in [0.1, 0.15) is 11.5 Å². The first-order valence-electron chi connectivity index (χ1n) is 8.54. The molecule has 0 aliphatic carbocycles. The molecule has 9 heteroatoms. The topological polar surface area (TPSA) is 89.1 Å². The number of ether oxygens (including phenoxy) is 2. The molecule has 2 aromatic carbocycles. The SMILES string of the molecule is CCOc1ccccc1-c1nc(CNC(=O)c2ccccc2OC(F)F)n[nH]1. The van der Waals surface area contributed by atoms with Gasteiger partial charge in [0.05, 0.1) is 24.3 Å². The summed E-state index contributed by atoms with van der Waals surface area (Å²) in [6.45, 7) is -0.619. The Morgan fingerprint density at radius 2 is 1.86 bits per heavy atom. The molecule has 1 amide bonds. The van der Waals surface area contributed by atoms with E-state index >= 15 is 0 Å². The molecular formula is C19H18F2N4O3. The highest BCUT2D eigenvalue weighted by Crippen LogP contribution is 2.27. The summed E-state index contributed by atoms with van der Waals surface area (Å²) < 4.78 is 34.9. The van der Waals surface area contributed by atoms with Crippen LogP contribution in [0.5, 0.6) is 11.5 Å². The molecule has 0 atom stereocenters. The zero-order chi connectivity index (χ0) is 19.9. The number of hydrogen-bond donors (Lipinski definition) is 2. The Bertz CT molecular complexity index is 946. The van der Waals surface area contributed by atoms with E-state index in [0.29, 0.717) is 24.0 Å². The van der Waals surface area contributed by atoms with Crippen molar-refractivity contribution in [2.75, 3.05) is 6.61 Å². The molecule has 146 valence electrons. The highest BCUT2D eigenvalue weighted by Gasteiger charge is 2.16. The molecule has 0 fully saturated rings. The van der Waals surface area contributed by atoms with Gasteiger partial charge in [-0.15, -0.1) is 0 Å². The first-order chi connectivity index (χ1) is 13.6. The molecule has 0 spiro atoms. The second-order valence-electron chi connectivity index (χ2n) is 5.59. The van der Waals surface area contributed by atoms with E-state index in [1.807, 2.05) is 31.2 Å². The zero-order valence-electron chi connectivity index (χ0n) is 15.0. The van der Waals surface area contributed by atoms with Crippen molar-refractivity contribution in [1.29, 1.82) is 0 Å². The number of carbonyl (C=O) groups excluding carboxylic acids is 1. The van der Waals surface area contributed by atoms with Crippen molar-refractivity contribution in [3.63, 3.8) is 0 Å². The van der Waals surface area contributed by atoms with E-state index in [4.69, 9.17) is 4.74 Å². The number of aromatic nitrogens is 3. The maximum absolute atomic E-state index is 12.5. The molecular weight excluding hydrogens is 370 g/mol. The van der Waals surface area contributed by atoms with Gasteiger partial charge in [0.25, 0.3) is 5.91 Å². The van der Waals surface area contributed by atoms with Gasteiger partial charge in [0.15, 0.2) is 11.6 Å². The zero-order valence-corrected chi connectivity index (χ0v) is 15.0. The highest BCUT2D eigenvalue weighted by molar-refractivity contribution is 5.96. The third-order valence-corrected chi connectivity index (χ3v) is 3.73. The summed E-state index contributed by atoms with van der Waals surface area (Å²) in [5, 5.41) is 9.47. The normalized spacial score (nSPS) is 10.7. The van der Waals surface area contributed by atoms with Crippen molar-refractivity contribution in [3.8, 4) is 22.9 Å². The van der Waals surface area contributed by atoms with Crippen LogP contribution in [-0.2, 0) is 6.54 Å². The number of amides is 1. The van der Waals surface area contributed by atoms with Crippen LogP contribution in [0.1, 0.15) is 23.1 Å². The van der Waals surface area contributed by atoms with Crippen molar-refractivity contribution in [2.45, 2.75) is 20.1 Å². The fourth-order valence-corrected chi connectivity index (χ4v) is 2.55. The highest BCUT2D eigenvalue weighted by atomic mass is 19.3. The van der Waals surface area contributed by atoms with E-state index in [0.717, 1.165) is 5.56 Å². The second-order valence-corrected chi connectivity index (χ2v) is 5.59. The number of aromatic amines is 1. The van der Waals surface area contributed by atoms with E-state index in [1.54, 1.807) is 6.07 Å². The third kappa shape index (κ3) is 4.61. The van der Waals surface area contributed by atoms with Crippen molar-refractivity contribution < 1.29 is 23.0 Å². The molecule has 1 aromatic heterocycles. The van der Waals surface area contributed by atoms with Gasteiger partial charge >= 0.3 is 6.61 Å². The Labute approximate surface area is 159 Å². The largest absolute Gasteiger partial charge is 0.493 e. The first-order valence-corrected chi connectivity index (χ1v) is 8.54. The Morgan fingerprint density at radius 1 is 1.14 bits per heavy atom. The molecule has 0 radical (unpaired) electrons. The van der Waals surface area contributed by atoms with Crippen LogP contribution < -0.4 is 14.8 Å². The van der Waals surface area contributed by atoms with Gasteiger partial charge in [-0.25, -0.2) is 4.98 Å². The van der Waals surface area contributed by atoms with E-state index in [9.17, 15) is 13.6 Å². The Kier molecular flexibility index (Phi) is 6.15. The molecule has 2 N–H and O–H groups in total. The number of hydrogen-bond acceptors (Lipinski definition) is 5. The van der Waals surface area contributed by atoms with Gasteiger partial charge < -0.3 is 14.8 Å². The van der Waals surface area contributed by atoms with Crippen molar-refractivity contribution in [2.24, 2.45) is 0 Å². The number of para-hydroxylation sites is 2. The minimum absolute atomic E-state index is 0.000232. The predicted octanol–water partition coefficient (Wildman–Crippen LogP) is 3.40. The van der Waals surface area contributed by atoms with Crippen LogP contribution in [0.4, 0.5) is 8.78 Å². The van der Waals surface area contributed by atoms with Crippen LogP contribution in [-0.4, -0.2) is 34.3 Å². The lowest BCUT2D eigenvalue weighted by Crippen LogP contribution is -2.24. The lowest BCUT2D eigenvalue weighted by Gasteiger charge is -2.10. The summed E-state index contributed by atoms with van der Waals surface area (Å²) in [6.07, 6.45) is 0. The summed E-state index contributed by atoms with van der Waals surface area (Å²) in [6, 6.07) is 13.1. The number of alkyl halides is 2. The monoisotopic (exact) mass is 388 g/mol. The minimum atomic E-state index is -3.02. The number of halogens is 2. The smallest absolute Gasteiger partial charge is 0.387 e. The summed E-state index contributed by atoms with van der Waals surface area (Å²) in [7, 11) is 0. The number of H-pyrrole nitrogens is 1. The van der Waals surface area contributed by atoms with Crippen LogP contribution >= 0.6 is 0 Å². The number of nitrogens with one attached hydrogen (secondary N) is 2. The third-order valence-electron chi connectivity index (χ3n) is 3.73. The first kappa shape index (κ1) is 19.3. The van der Waals surface area contributed by atoms with Gasteiger partial charge in [-0.2, -0.15) is 13.9 Å². The molecule has 0 bridgehead atoms. The van der Waals surface area contributed by atoms with E-state index < -0.39 is 12.5 Å². The van der Waals surface area contributed by atoms with Crippen LogP contribution in [0.3, 0.4) is 0 Å². The minimum Gasteiger partial charge on any atom is -0.493 e. The van der Waals surface area contributed by atoms with Gasteiger partial charge in [-0.1, -0.05) is 24.3 Å². The summed E-state index contributed by atoms with van der Waals surface area (Å²) in [5.41, 5.74) is 0.741. The molecule has 0 aliphatic rings. The summed E-state index contributed by atoms with van der Waals surface area (Å²) in [4.78, 5) is 16.7. The average molecular weight is 388 g/mol. The molecule has 0 aliphatic heterocycles. The fourth-order valence-electron chi connectivity index (χ4n) is 2.55. The Balaban J connectivity index is 1.69. The Hall–Kier alpha value is -3.49. The van der Waals surface area contributed by atoms with Crippen molar-refractivity contribution in [3.05, 3.63) is 59.9 Å². The molecule has 0 saturated carbocycles. The van der Waals surface area contributed by atoms with Gasteiger partial charge in [0, 0.05) is 0 Å². The van der Waals surface area contributed by atoms with Crippen LogP contribution in [0.25, 0.3) is 11.4 Å². The lowest BCUT2D eigenvalue weighted by atomic mass is 10.2. The van der Waals surface area contributed by atoms with E-state index in [-0.39, 0.29) is 17.9 Å². The van der Waals surface area contributed by atoms with Crippen molar-refractivity contribution >= 4 is 5.91 Å². The maximum Gasteiger partial charge on any atom is 0.387 e. The molecule has 0 saturated heterocycles. The van der Waals surface area contributed by atoms with Crippen molar-refractivity contribution in [1.82, 2.24) is 20.5 Å². The molecule has 3 aromatic rings. The average Bonchev–Trinajstić information content (AvgIpc) is 3.16. The van der Waals surface area contributed by atoms with E-state index in [1.165, 1.54) is 18.2 Å². The van der Waals surface area contributed by atoms with Crippen LogP contribution in [0.2, 0.25) is 0 Å². The molecule has 3 rings (SSSR count). The standard InChI is InChI=1S/C19H18F2N4O3/c1-2-27-14-9-5-3-7-12(14)17-23-16(24-25-17)11-22-18(26)13-8-4-6-10-15(13)28-19(20)21/h3-10,19H,2,11H2,1H3,(H,22,26)(H,23,24,25). The van der Waals surface area contributed by atoms with Gasteiger partial charge in [-0.05, 0) is 31.2 Å². The lowest BCUT2D eigenvalue weighted by molar-refractivity contribution is -0.0501. The number of benzene rings is 2. The summed E-state index contributed by atoms with van der Waals surface area (Å²) in [5.74, 6) is 0.722. The predicted molar refractivity (Wildman–Crippen MR) is 97.2 cm³/mol. The van der Waals surface area contributed by atoms with E-state index in [2.05, 4.69) is 25.2 Å². The molecule has 1 heterocycles. The summed E-state index contributed by atoms with van der Waals surface area (Å²) >= 11 is 0. The maximum atomic E-state index is 12.5. The van der Waals surface area contributed by atoms with Gasteiger partial charge in [0.2, 0.25) is 0 Å². The number of rotatable bonds is 8. The quantitative estimate of drug-likeness (QED) is 0.617. The number of nitrogens with zero attached hydrogens (tertiary/aromatic N) is 2. The fraction of sp³-hybridized carbons (Fsp3) is 0.211. The molecule has 7 nitrogen and oxygen atoms in total. The van der Waals surface area contributed by atoms with Gasteiger partial charge in [-0.3, -0.25) is 9.89 Å². The van der Waals surface area contributed by atoms with Crippen LogP contribution in [0.15, 0.2) is 48.5 Å². The molecule has 0 unspecified atom stereocenters. The Morgan fingerprint density at radius 3 is 2.61 bits per heavy atom. The molecule has 28 heavy (non-hydrogen) atoms. The number of carbonyl (C=O) groups is 1. The second kappa shape index (κ2) is 8.94.